The van der Waals surface area contributed by atoms with Crippen molar-refractivity contribution in [1.82, 2.24) is 5.32 Å². The topological polar surface area (TPSA) is 64.6 Å². The number of thiophene rings is 1. The predicted octanol–water partition coefficient (Wildman–Crippen LogP) is 4.61. The number of benzene rings is 2. The molecular formula is C21H17ClFNO4S. The van der Waals surface area contributed by atoms with Gasteiger partial charge in [-0.3, -0.25) is 4.79 Å². The fourth-order valence-corrected chi connectivity index (χ4v) is 3.66. The molecule has 1 N–H and O–H groups in total. The average molecular weight is 434 g/mol. The fourth-order valence-electron chi connectivity index (χ4n) is 2.68. The van der Waals surface area contributed by atoms with Crippen molar-refractivity contribution in [2.24, 2.45) is 0 Å². The Morgan fingerprint density at radius 3 is 2.59 bits per heavy atom. The Morgan fingerprint density at radius 2 is 1.93 bits per heavy atom. The number of hydrogen-bond acceptors (Lipinski definition) is 5. The van der Waals surface area contributed by atoms with E-state index in [1.807, 2.05) is 17.5 Å². The minimum absolute atomic E-state index is 0.126. The molecule has 0 bridgehead atoms. The Balaban J connectivity index is 1.69. The van der Waals surface area contributed by atoms with Crippen molar-refractivity contribution >= 4 is 34.8 Å². The maximum Gasteiger partial charge on any atom is 0.342 e. The molecule has 29 heavy (non-hydrogen) atoms. The van der Waals surface area contributed by atoms with E-state index in [1.54, 1.807) is 24.3 Å². The maximum atomic E-state index is 13.3. The van der Waals surface area contributed by atoms with E-state index in [2.05, 4.69) is 5.32 Å². The molecule has 0 radical (unpaired) electrons. The third-order valence-corrected chi connectivity index (χ3v) is 5.22. The second-order valence-corrected chi connectivity index (χ2v) is 7.40. The van der Waals surface area contributed by atoms with Crippen LogP contribution in [0.4, 0.5) is 4.39 Å². The first kappa shape index (κ1) is 20.8. The zero-order valence-corrected chi connectivity index (χ0v) is 16.9. The van der Waals surface area contributed by atoms with Crippen LogP contribution >= 0.6 is 22.9 Å². The smallest absolute Gasteiger partial charge is 0.342 e. The number of amides is 1. The molecule has 3 aromatic rings. The molecule has 0 aliphatic rings. The third-order valence-electron chi connectivity index (χ3n) is 4.05. The van der Waals surface area contributed by atoms with Crippen molar-refractivity contribution < 1.29 is 23.5 Å². The minimum atomic E-state index is -0.728. The molecule has 8 heteroatoms. The summed E-state index contributed by atoms with van der Waals surface area (Å²) in [5.41, 5.74) is 0.839. The lowest BCUT2D eigenvalue weighted by atomic mass is 10.1. The number of rotatable bonds is 7. The fraction of sp³-hybridized carbons (Fsp3) is 0.143. The number of carbonyl (C=O) groups excluding carboxylic acids is 2. The summed E-state index contributed by atoms with van der Waals surface area (Å²) >= 11 is 7.37. The lowest BCUT2D eigenvalue weighted by molar-refractivity contribution is -0.124. The van der Waals surface area contributed by atoms with E-state index in [0.29, 0.717) is 16.3 Å². The SMILES string of the molecule is COc1ccc(Cl)cc1C(=O)OCC(=O)NC(c1ccc(F)cc1)c1cccs1. The van der Waals surface area contributed by atoms with Crippen LogP contribution in [0, 0.1) is 5.82 Å². The summed E-state index contributed by atoms with van der Waals surface area (Å²) in [4.78, 5) is 25.6. The van der Waals surface area contributed by atoms with Crippen LogP contribution in [0.5, 0.6) is 5.75 Å². The van der Waals surface area contributed by atoms with E-state index in [4.69, 9.17) is 21.1 Å². The highest BCUT2D eigenvalue weighted by Crippen LogP contribution is 2.26. The number of nitrogens with one attached hydrogen (secondary N) is 1. The zero-order chi connectivity index (χ0) is 20.8. The highest BCUT2D eigenvalue weighted by molar-refractivity contribution is 7.10. The van der Waals surface area contributed by atoms with Gasteiger partial charge in [0.2, 0.25) is 0 Å². The Labute approximate surface area is 176 Å². The van der Waals surface area contributed by atoms with Crippen LogP contribution in [0.15, 0.2) is 60.0 Å². The second kappa shape index (κ2) is 9.54. The molecule has 1 aromatic heterocycles. The van der Waals surface area contributed by atoms with E-state index in [0.717, 1.165) is 4.88 Å². The van der Waals surface area contributed by atoms with Gasteiger partial charge in [0.1, 0.15) is 17.1 Å². The number of halogens is 2. The number of methoxy groups -OCH3 is 1. The highest BCUT2D eigenvalue weighted by Gasteiger charge is 2.20. The third kappa shape index (κ3) is 5.34. The van der Waals surface area contributed by atoms with Crippen molar-refractivity contribution in [1.29, 1.82) is 0 Å². The summed E-state index contributed by atoms with van der Waals surface area (Å²) in [5.74, 6) is -1.30. The summed E-state index contributed by atoms with van der Waals surface area (Å²) in [6, 6.07) is 13.6. The summed E-state index contributed by atoms with van der Waals surface area (Å²) in [7, 11) is 1.42. The van der Waals surface area contributed by atoms with Crippen LogP contribution in [0.25, 0.3) is 0 Å². The first-order valence-corrected chi connectivity index (χ1v) is 9.82. The summed E-state index contributed by atoms with van der Waals surface area (Å²) in [6.45, 7) is -0.489. The van der Waals surface area contributed by atoms with Gasteiger partial charge in [-0.2, -0.15) is 0 Å². The number of ether oxygens (including phenoxy) is 2. The van der Waals surface area contributed by atoms with E-state index in [-0.39, 0.29) is 11.4 Å². The molecule has 0 saturated heterocycles. The minimum Gasteiger partial charge on any atom is -0.496 e. The van der Waals surface area contributed by atoms with Crippen LogP contribution in [0.2, 0.25) is 5.02 Å². The van der Waals surface area contributed by atoms with Crippen LogP contribution in [0.1, 0.15) is 26.8 Å². The molecule has 1 amide bonds. The average Bonchev–Trinajstić information content (AvgIpc) is 3.25. The molecule has 0 saturated carbocycles. The van der Waals surface area contributed by atoms with Crippen LogP contribution in [-0.2, 0) is 9.53 Å². The van der Waals surface area contributed by atoms with Gasteiger partial charge in [-0.05, 0) is 47.3 Å². The second-order valence-electron chi connectivity index (χ2n) is 5.99. The quantitative estimate of drug-likeness (QED) is 0.552. The molecule has 1 heterocycles. The van der Waals surface area contributed by atoms with Crippen molar-refractivity contribution in [3.8, 4) is 5.75 Å². The van der Waals surface area contributed by atoms with Gasteiger partial charge in [-0.25, -0.2) is 9.18 Å². The molecule has 3 rings (SSSR count). The van der Waals surface area contributed by atoms with Gasteiger partial charge in [-0.1, -0.05) is 29.8 Å². The van der Waals surface area contributed by atoms with Crippen molar-refractivity contribution in [3.63, 3.8) is 0 Å². The standard InChI is InChI=1S/C21H17ClFNO4S/c1-27-17-9-6-14(22)11-16(17)21(26)28-12-19(25)24-20(18-3-2-10-29-18)13-4-7-15(23)8-5-13/h2-11,20H,12H2,1H3,(H,24,25). The van der Waals surface area contributed by atoms with Gasteiger partial charge in [0.25, 0.3) is 5.91 Å². The van der Waals surface area contributed by atoms with E-state index >= 15 is 0 Å². The van der Waals surface area contributed by atoms with Gasteiger partial charge in [-0.15, -0.1) is 11.3 Å². The molecule has 5 nitrogen and oxygen atoms in total. The van der Waals surface area contributed by atoms with Crippen molar-refractivity contribution in [2.75, 3.05) is 13.7 Å². The van der Waals surface area contributed by atoms with Gasteiger partial charge in [0.15, 0.2) is 6.61 Å². The monoisotopic (exact) mass is 433 g/mol. The molecule has 1 atom stereocenters. The number of esters is 1. The molecule has 1 unspecified atom stereocenters. The normalized spacial score (nSPS) is 11.6. The number of hydrogen-bond donors (Lipinski definition) is 1. The van der Waals surface area contributed by atoms with Crippen LogP contribution in [0.3, 0.4) is 0 Å². The van der Waals surface area contributed by atoms with Gasteiger partial charge in [0, 0.05) is 9.90 Å². The number of carbonyl (C=O) groups is 2. The summed E-state index contributed by atoms with van der Waals surface area (Å²) in [5, 5.41) is 5.04. The first-order chi connectivity index (χ1) is 14.0. The molecule has 2 aromatic carbocycles. The Bertz CT molecular complexity index is 992. The van der Waals surface area contributed by atoms with E-state index in [1.165, 1.54) is 36.6 Å². The Kier molecular flexibility index (Phi) is 6.85. The maximum absolute atomic E-state index is 13.3. The lowest BCUT2D eigenvalue weighted by Gasteiger charge is -2.18. The van der Waals surface area contributed by atoms with Crippen LogP contribution in [-0.4, -0.2) is 25.6 Å². The van der Waals surface area contributed by atoms with Crippen LogP contribution < -0.4 is 10.1 Å². The van der Waals surface area contributed by atoms with Gasteiger partial charge < -0.3 is 14.8 Å². The van der Waals surface area contributed by atoms with Crippen molar-refractivity contribution in [3.05, 3.63) is 86.8 Å². The molecule has 0 spiro atoms. The van der Waals surface area contributed by atoms with Crippen molar-refractivity contribution in [2.45, 2.75) is 6.04 Å². The summed E-state index contributed by atoms with van der Waals surface area (Å²) in [6.07, 6.45) is 0. The Morgan fingerprint density at radius 1 is 1.17 bits per heavy atom. The van der Waals surface area contributed by atoms with E-state index in [9.17, 15) is 14.0 Å². The lowest BCUT2D eigenvalue weighted by Crippen LogP contribution is -2.32. The first-order valence-electron chi connectivity index (χ1n) is 8.57. The van der Waals surface area contributed by atoms with Gasteiger partial charge >= 0.3 is 5.97 Å². The molecule has 0 aliphatic heterocycles. The molecular weight excluding hydrogens is 417 g/mol. The summed E-state index contributed by atoms with van der Waals surface area (Å²) < 4.78 is 23.5. The zero-order valence-electron chi connectivity index (χ0n) is 15.4. The van der Waals surface area contributed by atoms with Gasteiger partial charge in [0.05, 0.1) is 13.2 Å². The van der Waals surface area contributed by atoms with E-state index < -0.39 is 24.5 Å². The molecule has 0 aliphatic carbocycles. The highest BCUT2D eigenvalue weighted by atomic mass is 35.5. The largest absolute Gasteiger partial charge is 0.496 e. The molecule has 0 fully saturated rings. The molecule has 150 valence electrons. The predicted molar refractivity (Wildman–Crippen MR) is 109 cm³/mol. The Hall–Kier alpha value is -2.90.